The summed E-state index contributed by atoms with van der Waals surface area (Å²) in [5.41, 5.74) is 0.239. The van der Waals surface area contributed by atoms with Gasteiger partial charge in [0.2, 0.25) is 0 Å². The lowest BCUT2D eigenvalue weighted by Crippen LogP contribution is -2.46. The first-order chi connectivity index (χ1) is 7.14. The van der Waals surface area contributed by atoms with Gasteiger partial charge in [0.25, 0.3) is 0 Å². The second-order valence-electron chi connectivity index (χ2n) is 4.49. The second-order valence-corrected chi connectivity index (χ2v) is 6.56. The third kappa shape index (κ3) is 5.71. The summed E-state index contributed by atoms with van der Waals surface area (Å²) in [5, 5.41) is 4.64. The number of unbranched alkanes of at least 4 members (excludes halogenated alkanes) is 1. The predicted octanol–water partition coefficient (Wildman–Crippen LogP) is 2.99. The Morgan fingerprint density at radius 1 is 1.47 bits per heavy atom. The van der Waals surface area contributed by atoms with Crippen LogP contribution in [0.25, 0.3) is 0 Å². The van der Waals surface area contributed by atoms with E-state index in [0.717, 1.165) is 11.7 Å². The van der Waals surface area contributed by atoms with Crippen molar-refractivity contribution in [3.63, 3.8) is 0 Å². The number of amidine groups is 1. The van der Waals surface area contributed by atoms with Crippen LogP contribution < -0.4 is 5.32 Å². The quantitative estimate of drug-likeness (QED) is 0.755. The zero-order chi connectivity index (χ0) is 11.1. The van der Waals surface area contributed by atoms with E-state index < -0.39 is 0 Å². The molecule has 15 heavy (non-hydrogen) atoms. The number of hydrogen-bond acceptors (Lipinski definition) is 3. The highest BCUT2D eigenvalue weighted by molar-refractivity contribution is 8.13. The van der Waals surface area contributed by atoms with Crippen molar-refractivity contribution in [3.8, 4) is 0 Å². The Morgan fingerprint density at radius 2 is 2.27 bits per heavy atom. The average Bonchev–Trinajstić information content (AvgIpc) is 2.16. The topological polar surface area (TPSA) is 24.4 Å². The maximum absolute atomic E-state index is 4.61. The molecule has 88 valence electrons. The lowest BCUT2D eigenvalue weighted by molar-refractivity contribution is 0.446. The van der Waals surface area contributed by atoms with Crippen LogP contribution in [0.4, 0.5) is 0 Å². The average molecular weight is 246 g/mol. The Balaban J connectivity index is 2.21. The monoisotopic (exact) mass is 246 g/mol. The molecule has 1 aliphatic rings. The van der Waals surface area contributed by atoms with Gasteiger partial charge in [-0.1, -0.05) is 11.8 Å². The number of thioether (sulfide) groups is 2. The number of aliphatic imine (C=N–C) groups is 1. The van der Waals surface area contributed by atoms with Gasteiger partial charge in [-0.25, -0.2) is 0 Å². The van der Waals surface area contributed by atoms with Crippen molar-refractivity contribution in [2.24, 2.45) is 4.99 Å². The molecule has 1 fully saturated rings. The largest absolute Gasteiger partial charge is 0.360 e. The summed E-state index contributed by atoms with van der Waals surface area (Å²) in [6.45, 7) is 5.47. The number of nitrogens with zero attached hydrogens (tertiary/aromatic N) is 1. The minimum atomic E-state index is 0.239. The van der Waals surface area contributed by atoms with Crippen molar-refractivity contribution in [3.05, 3.63) is 0 Å². The van der Waals surface area contributed by atoms with Gasteiger partial charge in [0.1, 0.15) is 0 Å². The molecule has 2 nitrogen and oxygen atoms in total. The van der Waals surface area contributed by atoms with Crippen LogP contribution in [0.15, 0.2) is 4.99 Å². The molecule has 1 saturated heterocycles. The van der Waals surface area contributed by atoms with Crippen LogP contribution >= 0.6 is 23.5 Å². The lowest BCUT2D eigenvalue weighted by Gasteiger charge is -2.32. The van der Waals surface area contributed by atoms with Crippen molar-refractivity contribution in [1.82, 2.24) is 5.32 Å². The van der Waals surface area contributed by atoms with Gasteiger partial charge in [-0.3, -0.25) is 4.99 Å². The summed E-state index contributed by atoms with van der Waals surface area (Å²) in [6.07, 6.45) is 5.88. The van der Waals surface area contributed by atoms with Gasteiger partial charge in [0.05, 0.1) is 0 Å². The zero-order valence-corrected chi connectivity index (χ0v) is 11.6. The zero-order valence-electron chi connectivity index (χ0n) is 10.0. The first kappa shape index (κ1) is 13.2. The van der Waals surface area contributed by atoms with Gasteiger partial charge < -0.3 is 5.32 Å². The van der Waals surface area contributed by atoms with E-state index in [2.05, 4.69) is 30.4 Å². The number of nitrogens with one attached hydrogen (secondary N) is 1. The van der Waals surface area contributed by atoms with Gasteiger partial charge in [0.15, 0.2) is 5.17 Å². The van der Waals surface area contributed by atoms with Crippen LogP contribution in [0.3, 0.4) is 0 Å². The molecule has 0 radical (unpaired) electrons. The third-order valence-corrected chi connectivity index (χ3v) is 4.03. The molecule has 1 rings (SSSR count). The van der Waals surface area contributed by atoms with E-state index in [1.807, 2.05) is 23.5 Å². The highest BCUT2D eigenvalue weighted by Crippen LogP contribution is 2.21. The third-order valence-electron chi connectivity index (χ3n) is 2.42. The molecule has 0 atom stereocenters. The van der Waals surface area contributed by atoms with Gasteiger partial charge in [-0.2, -0.15) is 11.8 Å². The van der Waals surface area contributed by atoms with E-state index in [9.17, 15) is 0 Å². The maximum Gasteiger partial charge on any atom is 0.156 e. The van der Waals surface area contributed by atoms with Crippen LogP contribution in [0, 0.1) is 0 Å². The van der Waals surface area contributed by atoms with Crippen LogP contribution in [0.1, 0.15) is 33.1 Å². The highest BCUT2D eigenvalue weighted by atomic mass is 32.2. The van der Waals surface area contributed by atoms with Crippen LogP contribution in [0.2, 0.25) is 0 Å². The fourth-order valence-corrected chi connectivity index (χ4v) is 3.24. The fourth-order valence-electron chi connectivity index (χ4n) is 1.41. The molecular formula is C11H22N2S2. The molecule has 0 amide bonds. The molecule has 1 N–H and O–H groups in total. The number of rotatable bonds is 5. The van der Waals surface area contributed by atoms with Crippen LogP contribution in [0.5, 0.6) is 0 Å². The molecule has 0 saturated carbocycles. The van der Waals surface area contributed by atoms with Crippen LogP contribution in [-0.2, 0) is 0 Å². The Kier molecular flexibility index (Phi) is 5.90. The molecular weight excluding hydrogens is 224 g/mol. The highest BCUT2D eigenvalue weighted by Gasteiger charge is 2.23. The molecule has 0 spiro atoms. The van der Waals surface area contributed by atoms with E-state index in [1.165, 1.54) is 30.8 Å². The second kappa shape index (κ2) is 6.69. The Morgan fingerprint density at radius 3 is 2.93 bits per heavy atom. The lowest BCUT2D eigenvalue weighted by atomic mass is 10.0. The minimum absolute atomic E-state index is 0.239. The van der Waals surface area contributed by atoms with E-state index in [-0.39, 0.29) is 5.54 Å². The summed E-state index contributed by atoms with van der Waals surface area (Å²) in [7, 11) is 0. The Bertz CT molecular complexity index is 215. The fraction of sp³-hybridized carbons (Fsp3) is 0.909. The first-order valence-corrected chi connectivity index (χ1v) is 7.96. The van der Waals surface area contributed by atoms with Crippen molar-refractivity contribution in [1.29, 1.82) is 0 Å². The Labute approximate surface area is 102 Å². The van der Waals surface area contributed by atoms with E-state index in [0.29, 0.717) is 0 Å². The summed E-state index contributed by atoms with van der Waals surface area (Å²) in [5.74, 6) is 2.46. The van der Waals surface area contributed by atoms with Gasteiger partial charge >= 0.3 is 0 Å². The number of hydrogen-bond donors (Lipinski definition) is 1. The standard InChI is InChI=1S/C11H22N2S2/c1-11(2)6-9-15-10(13-11)12-7-4-5-8-14-3/h4-9H2,1-3H3,(H,12,13). The first-order valence-electron chi connectivity index (χ1n) is 5.58. The molecule has 0 bridgehead atoms. The van der Waals surface area contributed by atoms with Crippen molar-refractivity contribution in [2.75, 3.05) is 24.3 Å². The smallest absolute Gasteiger partial charge is 0.156 e. The molecule has 4 heteroatoms. The van der Waals surface area contributed by atoms with Gasteiger partial charge in [-0.05, 0) is 45.1 Å². The van der Waals surface area contributed by atoms with Crippen molar-refractivity contribution < 1.29 is 0 Å². The summed E-state index contributed by atoms with van der Waals surface area (Å²) in [6, 6.07) is 0. The van der Waals surface area contributed by atoms with Crippen molar-refractivity contribution >= 4 is 28.7 Å². The SMILES string of the molecule is CSCCCCN=C1NC(C)(C)CCS1. The molecule has 0 unspecified atom stereocenters. The molecule has 0 aromatic rings. The molecule has 1 heterocycles. The molecule has 0 aromatic heterocycles. The summed E-state index contributed by atoms with van der Waals surface area (Å²) in [4.78, 5) is 4.61. The van der Waals surface area contributed by atoms with E-state index >= 15 is 0 Å². The van der Waals surface area contributed by atoms with Crippen LogP contribution in [-0.4, -0.2) is 35.0 Å². The minimum Gasteiger partial charge on any atom is -0.360 e. The maximum atomic E-state index is 4.61. The van der Waals surface area contributed by atoms with Gasteiger partial charge in [-0.15, -0.1) is 0 Å². The normalized spacial score (nSPS) is 22.7. The summed E-state index contributed by atoms with van der Waals surface area (Å²) < 4.78 is 0. The predicted molar refractivity (Wildman–Crippen MR) is 74.2 cm³/mol. The Hall–Kier alpha value is 0.170. The van der Waals surface area contributed by atoms with Gasteiger partial charge in [0, 0.05) is 17.8 Å². The van der Waals surface area contributed by atoms with E-state index in [1.54, 1.807) is 0 Å². The molecule has 1 aliphatic heterocycles. The molecule has 0 aromatic carbocycles. The summed E-state index contributed by atoms with van der Waals surface area (Å²) >= 11 is 3.78. The van der Waals surface area contributed by atoms with E-state index in [4.69, 9.17) is 0 Å². The molecule has 0 aliphatic carbocycles. The van der Waals surface area contributed by atoms with Crippen molar-refractivity contribution in [2.45, 2.75) is 38.6 Å².